The molecule has 2 atom stereocenters. The van der Waals surface area contributed by atoms with E-state index in [2.05, 4.69) is 20.9 Å². The van der Waals surface area contributed by atoms with E-state index < -0.39 is 17.7 Å². The van der Waals surface area contributed by atoms with Crippen molar-refractivity contribution in [2.75, 3.05) is 6.54 Å². The maximum absolute atomic E-state index is 13.2. The molecule has 2 unspecified atom stereocenters. The van der Waals surface area contributed by atoms with Crippen molar-refractivity contribution in [2.45, 2.75) is 38.5 Å². The number of likely N-dealkylation sites (tertiary alicyclic amines) is 1. The molecule has 1 amide bonds. The number of aromatic amines is 1. The van der Waals surface area contributed by atoms with Crippen molar-refractivity contribution in [1.29, 1.82) is 0 Å². The number of fused-ring (bicyclic) bond motifs is 1. The van der Waals surface area contributed by atoms with Gasteiger partial charge in [-0.1, -0.05) is 28.1 Å². The molecule has 174 valence electrons. The number of amides is 1. The Kier molecular flexibility index (Phi) is 6.00. The second-order valence-corrected chi connectivity index (χ2v) is 9.62. The molecule has 1 aromatic heterocycles. The summed E-state index contributed by atoms with van der Waals surface area (Å²) in [5.41, 5.74) is 2.39. The first-order valence-electron chi connectivity index (χ1n) is 11.3. The van der Waals surface area contributed by atoms with Gasteiger partial charge < -0.3 is 14.7 Å². The number of nitrogens with one attached hydrogen (secondary N) is 1. The molecule has 2 aromatic carbocycles. The Morgan fingerprint density at radius 3 is 2.76 bits per heavy atom. The molecule has 0 saturated carbocycles. The fourth-order valence-corrected chi connectivity index (χ4v) is 4.97. The van der Waals surface area contributed by atoms with E-state index in [4.69, 9.17) is 4.74 Å². The number of halogens is 1. The summed E-state index contributed by atoms with van der Waals surface area (Å²) >= 11 is 3.44. The Hall–Kier alpha value is -3.39. The van der Waals surface area contributed by atoms with E-state index in [9.17, 15) is 14.7 Å². The fraction of sp³-hybridized carbons (Fsp3) is 0.269. The van der Waals surface area contributed by atoms with Crippen molar-refractivity contribution in [1.82, 2.24) is 9.88 Å². The minimum atomic E-state index is -0.662. The van der Waals surface area contributed by atoms with Crippen LogP contribution in [0.3, 0.4) is 0 Å². The zero-order valence-electron chi connectivity index (χ0n) is 18.7. The van der Waals surface area contributed by atoms with Gasteiger partial charge in [0.15, 0.2) is 0 Å². The number of rotatable bonds is 6. The number of nitrogens with zero attached hydrogens (tertiary/aromatic N) is 2. The smallest absolute Gasteiger partial charge is 0.295 e. The number of imidazole rings is 1. The summed E-state index contributed by atoms with van der Waals surface area (Å²) in [7, 11) is 0. The molecule has 3 heterocycles. The average Bonchev–Trinajstić information content (AvgIpc) is 3.53. The third-order valence-electron chi connectivity index (χ3n) is 6.31. The lowest BCUT2D eigenvalue weighted by Crippen LogP contribution is -2.36. The van der Waals surface area contributed by atoms with E-state index in [0.29, 0.717) is 25.1 Å². The van der Waals surface area contributed by atoms with Crippen molar-refractivity contribution in [3.05, 3.63) is 87.9 Å². The number of ketones is 1. The summed E-state index contributed by atoms with van der Waals surface area (Å²) in [5, 5.41) is 11.3. The van der Waals surface area contributed by atoms with Crippen molar-refractivity contribution < 1.29 is 24.0 Å². The molecule has 7 nitrogen and oxygen atoms in total. The zero-order valence-corrected chi connectivity index (χ0v) is 20.3. The van der Waals surface area contributed by atoms with Crippen LogP contribution in [0.1, 0.15) is 36.1 Å². The minimum absolute atomic E-state index is 0.0682. The van der Waals surface area contributed by atoms with Gasteiger partial charge in [0.2, 0.25) is 6.33 Å². The molecular formula is C26H25BrN3O4+. The number of hydrogen-bond donors (Lipinski definition) is 2. The summed E-state index contributed by atoms with van der Waals surface area (Å²) in [6, 6.07) is 12.2. The molecule has 1 fully saturated rings. The van der Waals surface area contributed by atoms with Crippen LogP contribution in [0.15, 0.2) is 71.2 Å². The first-order valence-corrected chi connectivity index (χ1v) is 12.1. The number of H-pyrrole nitrogens is 1. The minimum Gasteiger partial charge on any atom is -0.507 e. The fourth-order valence-electron chi connectivity index (χ4n) is 4.71. The van der Waals surface area contributed by atoms with Crippen LogP contribution in [0.4, 0.5) is 0 Å². The zero-order chi connectivity index (χ0) is 23.8. The molecule has 8 heteroatoms. The maximum Gasteiger partial charge on any atom is 0.295 e. The SMILES string of the molecule is CC1Cc2cc(/C(O)=C3\C(=O)C(=O)N(CCC[n+]4cc[nH]c4)C3c3ccc(Br)cc3)ccc2O1. The Morgan fingerprint density at radius 2 is 2.03 bits per heavy atom. The van der Waals surface area contributed by atoms with E-state index in [1.165, 1.54) is 0 Å². The lowest BCUT2D eigenvalue weighted by Gasteiger charge is -2.25. The number of aliphatic hydroxyl groups excluding tert-OH is 1. The van der Waals surface area contributed by atoms with Crippen molar-refractivity contribution >= 4 is 33.4 Å². The van der Waals surface area contributed by atoms with Crippen molar-refractivity contribution in [2.24, 2.45) is 0 Å². The third kappa shape index (κ3) is 4.14. The molecule has 2 aliphatic rings. The van der Waals surface area contributed by atoms with Crippen LogP contribution in [0.2, 0.25) is 0 Å². The Labute approximate surface area is 205 Å². The van der Waals surface area contributed by atoms with Gasteiger partial charge in [-0.15, -0.1) is 0 Å². The number of ether oxygens (including phenoxy) is 1. The predicted molar refractivity (Wildman–Crippen MR) is 129 cm³/mol. The van der Waals surface area contributed by atoms with Gasteiger partial charge in [-0.05, 0) is 48.4 Å². The highest BCUT2D eigenvalue weighted by Crippen LogP contribution is 2.40. The number of carbonyl (C=O) groups is 2. The highest BCUT2D eigenvalue weighted by molar-refractivity contribution is 9.10. The van der Waals surface area contributed by atoms with Gasteiger partial charge in [0.25, 0.3) is 11.7 Å². The molecule has 0 spiro atoms. The summed E-state index contributed by atoms with van der Waals surface area (Å²) in [5.74, 6) is -0.621. The molecule has 3 aromatic rings. The number of aromatic nitrogens is 2. The van der Waals surface area contributed by atoms with Gasteiger partial charge in [0.05, 0.1) is 18.2 Å². The predicted octanol–water partition coefficient (Wildman–Crippen LogP) is 3.90. The lowest BCUT2D eigenvalue weighted by molar-refractivity contribution is -0.695. The first kappa shape index (κ1) is 22.4. The monoisotopic (exact) mass is 522 g/mol. The van der Waals surface area contributed by atoms with Crippen molar-refractivity contribution in [3.8, 4) is 5.75 Å². The Bertz CT molecular complexity index is 1270. The lowest BCUT2D eigenvalue weighted by atomic mass is 9.94. The van der Waals surface area contributed by atoms with Gasteiger partial charge in [0.1, 0.15) is 30.0 Å². The molecule has 1 saturated heterocycles. The van der Waals surface area contributed by atoms with E-state index in [1.807, 2.05) is 66.6 Å². The number of hydrogen-bond acceptors (Lipinski definition) is 4. The molecule has 34 heavy (non-hydrogen) atoms. The third-order valence-corrected chi connectivity index (χ3v) is 6.84. The molecule has 0 aliphatic carbocycles. The van der Waals surface area contributed by atoms with Gasteiger partial charge in [-0.25, -0.2) is 4.57 Å². The van der Waals surface area contributed by atoms with E-state index in [0.717, 1.165) is 27.8 Å². The van der Waals surface area contributed by atoms with Crippen molar-refractivity contribution in [3.63, 3.8) is 0 Å². The summed E-state index contributed by atoms with van der Waals surface area (Å²) in [4.78, 5) is 30.9. The van der Waals surface area contributed by atoms with E-state index in [1.54, 1.807) is 11.0 Å². The van der Waals surface area contributed by atoms with Crippen LogP contribution >= 0.6 is 15.9 Å². The van der Waals surface area contributed by atoms with Crippen LogP contribution in [0.25, 0.3) is 5.76 Å². The quantitative estimate of drug-likeness (QED) is 0.222. The van der Waals surface area contributed by atoms with Crippen LogP contribution in [-0.2, 0) is 22.6 Å². The summed E-state index contributed by atoms with van der Waals surface area (Å²) in [6.45, 7) is 3.07. The Balaban J connectivity index is 1.52. The number of aryl methyl sites for hydroxylation is 1. The highest BCUT2D eigenvalue weighted by Gasteiger charge is 2.45. The number of Topliss-reactive ketones (excluding diaryl/α,β-unsaturated/α-hetero) is 1. The normalized spacial score (nSPS) is 21.1. The summed E-state index contributed by atoms with van der Waals surface area (Å²) in [6.07, 6.45) is 7.06. The van der Waals surface area contributed by atoms with Gasteiger partial charge in [-0.3, -0.25) is 14.6 Å². The number of benzene rings is 2. The van der Waals surface area contributed by atoms with Crippen LogP contribution < -0.4 is 9.30 Å². The molecule has 2 aliphatic heterocycles. The van der Waals surface area contributed by atoms with Gasteiger partial charge in [-0.2, -0.15) is 0 Å². The first-order chi connectivity index (χ1) is 16.4. The molecule has 5 rings (SSSR count). The Morgan fingerprint density at radius 1 is 1.24 bits per heavy atom. The molecular weight excluding hydrogens is 498 g/mol. The second kappa shape index (κ2) is 9.10. The van der Waals surface area contributed by atoms with Crippen LogP contribution in [0.5, 0.6) is 5.75 Å². The standard InChI is InChI=1S/C26H24BrN3O4/c1-16-13-19-14-18(5-8-21(19)34-16)24(31)22-23(17-3-6-20(27)7-4-17)30(26(33)25(22)32)11-2-10-29-12-9-28-15-29/h3-9,12,14-16,23H,2,10-11,13H2,1H3,(H,31,32)/p+1. The van der Waals surface area contributed by atoms with E-state index >= 15 is 0 Å². The van der Waals surface area contributed by atoms with Gasteiger partial charge in [0, 0.05) is 29.4 Å². The second-order valence-electron chi connectivity index (χ2n) is 8.70. The maximum atomic E-state index is 13.2. The molecule has 0 radical (unpaired) electrons. The molecule has 0 bridgehead atoms. The largest absolute Gasteiger partial charge is 0.507 e. The summed E-state index contributed by atoms with van der Waals surface area (Å²) < 4.78 is 8.64. The number of carbonyl (C=O) groups excluding carboxylic acids is 2. The van der Waals surface area contributed by atoms with E-state index in [-0.39, 0.29) is 17.4 Å². The van der Waals surface area contributed by atoms with Gasteiger partial charge >= 0.3 is 0 Å². The molecule has 2 N–H and O–H groups in total. The highest BCUT2D eigenvalue weighted by atomic mass is 79.9. The van der Waals surface area contributed by atoms with Crippen LogP contribution in [-0.4, -0.2) is 39.3 Å². The number of aliphatic hydroxyl groups is 1. The topological polar surface area (TPSA) is 86.5 Å². The average molecular weight is 523 g/mol. The van der Waals surface area contributed by atoms with Crippen LogP contribution in [0, 0.1) is 0 Å².